The van der Waals surface area contributed by atoms with Crippen LogP contribution in [0.2, 0.25) is 0 Å². The van der Waals surface area contributed by atoms with E-state index >= 15 is 0 Å². The molecule has 6 nitrogen and oxygen atoms in total. The van der Waals surface area contributed by atoms with Gasteiger partial charge in [-0.1, -0.05) is 67.3 Å². The van der Waals surface area contributed by atoms with Crippen LogP contribution in [0.25, 0.3) is 5.57 Å². The maximum absolute atomic E-state index is 13.3. The van der Waals surface area contributed by atoms with Crippen LogP contribution in [0.3, 0.4) is 0 Å². The Balaban J connectivity index is 1.66. The Bertz CT molecular complexity index is 1080. The lowest BCUT2D eigenvalue weighted by Gasteiger charge is -2.16. The third kappa shape index (κ3) is 3.64. The van der Waals surface area contributed by atoms with Crippen molar-refractivity contribution in [2.45, 2.75) is 13.3 Å². The summed E-state index contributed by atoms with van der Waals surface area (Å²) in [4.78, 5) is 42.1. The van der Waals surface area contributed by atoms with E-state index in [4.69, 9.17) is 12.2 Å². The fourth-order valence-electron chi connectivity index (χ4n) is 3.49. The average molecular weight is 438 g/mol. The van der Waals surface area contributed by atoms with Gasteiger partial charge < -0.3 is 5.32 Å². The summed E-state index contributed by atoms with van der Waals surface area (Å²) in [7, 11) is 0. The first-order valence-corrected chi connectivity index (χ1v) is 10.8. The first kappa shape index (κ1) is 20.3. The van der Waals surface area contributed by atoms with Crippen molar-refractivity contribution in [3.05, 3.63) is 65.1 Å². The van der Waals surface area contributed by atoms with Crippen molar-refractivity contribution in [3.8, 4) is 0 Å². The molecule has 0 unspecified atom stereocenters. The van der Waals surface area contributed by atoms with Gasteiger partial charge in [-0.05, 0) is 24.6 Å². The smallest absolute Gasteiger partial charge is 0.267 e. The molecule has 2 heterocycles. The van der Waals surface area contributed by atoms with Gasteiger partial charge in [0.2, 0.25) is 5.91 Å². The van der Waals surface area contributed by atoms with E-state index in [1.807, 2.05) is 31.2 Å². The third-order valence-electron chi connectivity index (χ3n) is 4.81. The second-order valence-corrected chi connectivity index (χ2v) is 8.50. The van der Waals surface area contributed by atoms with Crippen molar-refractivity contribution in [1.82, 2.24) is 4.90 Å². The number of hydrogen-bond donors (Lipinski definition) is 1. The SMILES string of the molecule is CCCN1C(=O)C(=C2C(=O)N(CC(=O)Nc3ccccc3)c3ccccc32)SC1=S. The number of thioether (sulfide) groups is 1. The predicted molar refractivity (Wildman–Crippen MR) is 123 cm³/mol. The van der Waals surface area contributed by atoms with Crippen LogP contribution in [-0.4, -0.2) is 40.0 Å². The molecular formula is C22H19N3O3S2. The maximum Gasteiger partial charge on any atom is 0.267 e. The van der Waals surface area contributed by atoms with Crippen molar-refractivity contribution in [2.75, 3.05) is 23.3 Å². The number of benzene rings is 2. The van der Waals surface area contributed by atoms with Gasteiger partial charge in [0.25, 0.3) is 11.8 Å². The number of fused-ring (bicyclic) bond motifs is 1. The molecule has 2 aromatic carbocycles. The number of hydrogen-bond acceptors (Lipinski definition) is 5. The summed E-state index contributed by atoms with van der Waals surface area (Å²) in [6.07, 6.45) is 0.769. The second-order valence-electron chi connectivity index (χ2n) is 6.85. The predicted octanol–water partition coefficient (Wildman–Crippen LogP) is 3.65. The molecule has 0 bridgehead atoms. The molecule has 0 aliphatic carbocycles. The van der Waals surface area contributed by atoms with Crippen molar-refractivity contribution in [1.29, 1.82) is 0 Å². The van der Waals surface area contributed by atoms with Crippen LogP contribution < -0.4 is 10.2 Å². The van der Waals surface area contributed by atoms with E-state index in [-0.39, 0.29) is 24.3 Å². The van der Waals surface area contributed by atoms with Crippen LogP contribution in [0.5, 0.6) is 0 Å². The fraction of sp³-hybridized carbons (Fsp3) is 0.182. The van der Waals surface area contributed by atoms with Crippen LogP contribution in [0, 0.1) is 0 Å². The molecule has 1 fully saturated rings. The highest BCUT2D eigenvalue weighted by atomic mass is 32.2. The highest BCUT2D eigenvalue weighted by Gasteiger charge is 2.42. The van der Waals surface area contributed by atoms with Gasteiger partial charge in [-0.2, -0.15) is 0 Å². The standard InChI is InChI=1S/C22H19N3O3S2/c1-2-12-24-21(28)19(30-22(24)29)18-15-10-6-7-11-16(15)25(20(18)27)13-17(26)23-14-8-4-3-5-9-14/h3-11H,2,12-13H2,1H3,(H,23,26). The van der Waals surface area contributed by atoms with E-state index in [0.29, 0.717) is 38.3 Å². The molecule has 2 aliphatic rings. The van der Waals surface area contributed by atoms with Crippen LogP contribution in [0.1, 0.15) is 18.9 Å². The van der Waals surface area contributed by atoms with Gasteiger partial charge in [-0.3, -0.25) is 24.2 Å². The van der Waals surface area contributed by atoms with Crippen LogP contribution in [-0.2, 0) is 14.4 Å². The van der Waals surface area contributed by atoms with Crippen molar-refractivity contribution >= 4 is 63.0 Å². The number of thiocarbonyl (C=S) groups is 1. The normalized spacial score (nSPS) is 18.2. The molecule has 4 rings (SSSR count). The summed E-state index contributed by atoms with van der Waals surface area (Å²) in [6.45, 7) is 2.33. The number of anilines is 2. The van der Waals surface area contributed by atoms with Gasteiger partial charge in [0.1, 0.15) is 10.9 Å². The number of carbonyl (C=O) groups excluding carboxylic acids is 3. The number of nitrogens with zero attached hydrogens (tertiary/aromatic N) is 2. The zero-order valence-electron chi connectivity index (χ0n) is 16.3. The molecule has 0 atom stereocenters. The van der Waals surface area contributed by atoms with E-state index in [1.54, 1.807) is 30.3 Å². The quantitative estimate of drug-likeness (QED) is 0.571. The van der Waals surface area contributed by atoms with Gasteiger partial charge in [0.05, 0.1) is 16.2 Å². The lowest BCUT2D eigenvalue weighted by Crippen LogP contribution is -2.35. The van der Waals surface area contributed by atoms with Crippen molar-refractivity contribution in [3.63, 3.8) is 0 Å². The number of rotatable bonds is 5. The van der Waals surface area contributed by atoms with Crippen LogP contribution in [0.4, 0.5) is 11.4 Å². The second kappa shape index (κ2) is 8.41. The molecular weight excluding hydrogens is 418 g/mol. The number of amides is 3. The molecule has 0 spiro atoms. The van der Waals surface area contributed by atoms with Gasteiger partial charge in [0, 0.05) is 17.8 Å². The van der Waals surface area contributed by atoms with Crippen LogP contribution >= 0.6 is 24.0 Å². The van der Waals surface area contributed by atoms with E-state index in [2.05, 4.69) is 5.32 Å². The Morgan fingerprint density at radius 2 is 1.70 bits per heavy atom. The zero-order valence-corrected chi connectivity index (χ0v) is 17.9. The maximum atomic E-state index is 13.3. The monoisotopic (exact) mass is 437 g/mol. The van der Waals surface area contributed by atoms with E-state index in [0.717, 1.165) is 18.2 Å². The van der Waals surface area contributed by atoms with Crippen molar-refractivity contribution < 1.29 is 14.4 Å². The van der Waals surface area contributed by atoms with Gasteiger partial charge in [-0.25, -0.2) is 0 Å². The first-order chi connectivity index (χ1) is 14.5. The van der Waals surface area contributed by atoms with E-state index < -0.39 is 0 Å². The topological polar surface area (TPSA) is 69.7 Å². The summed E-state index contributed by atoms with van der Waals surface area (Å²) in [5.41, 5.74) is 2.23. The zero-order chi connectivity index (χ0) is 21.3. The van der Waals surface area contributed by atoms with Gasteiger partial charge in [-0.15, -0.1) is 0 Å². The van der Waals surface area contributed by atoms with Gasteiger partial charge in [0.15, 0.2) is 0 Å². The lowest BCUT2D eigenvalue weighted by atomic mass is 10.1. The number of para-hydroxylation sites is 2. The van der Waals surface area contributed by atoms with Gasteiger partial charge >= 0.3 is 0 Å². The summed E-state index contributed by atoms with van der Waals surface area (Å²) in [5.74, 6) is -0.930. The minimum Gasteiger partial charge on any atom is -0.325 e. The Morgan fingerprint density at radius 1 is 1.00 bits per heavy atom. The summed E-state index contributed by atoms with van der Waals surface area (Å²) < 4.78 is 0.454. The Labute approximate surface area is 183 Å². The highest BCUT2D eigenvalue weighted by molar-refractivity contribution is 8.26. The fourth-order valence-corrected chi connectivity index (χ4v) is 4.87. The average Bonchev–Trinajstić information content (AvgIpc) is 3.17. The molecule has 2 aromatic rings. The number of nitrogens with one attached hydrogen (secondary N) is 1. The highest BCUT2D eigenvalue weighted by Crippen LogP contribution is 2.44. The molecule has 30 heavy (non-hydrogen) atoms. The summed E-state index contributed by atoms with van der Waals surface area (Å²) in [6, 6.07) is 16.3. The molecule has 152 valence electrons. The Kier molecular flexibility index (Phi) is 5.69. The summed E-state index contributed by atoms with van der Waals surface area (Å²) in [5, 5.41) is 2.79. The molecule has 1 N–H and O–H groups in total. The minimum atomic E-state index is -0.364. The minimum absolute atomic E-state index is 0.149. The third-order valence-corrected chi connectivity index (χ3v) is 6.25. The molecule has 0 radical (unpaired) electrons. The molecule has 3 amide bonds. The van der Waals surface area contributed by atoms with E-state index in [1.165, 1.54) is 9.80 Å². The molecule has 2 aliphatic heterocycles. The molecule has 1 saturated heterocycles. The number of carbonyl (C=O) groups is 3. The van der Waals surface area contributed by atoms with E-state index in [9.17, 15) is 14.4 Å². The largest absolute Gasteiger partial charge is 0.325 e. The molecule has 0 aromatic heterocycles. The lowest BCUT2D eigenvalue weighted by molar-refractivity contribution is -0.122. The molecule has 0 saturated carbocycles. The summed E-state index contributed by atoms with van der Waals surface area (Å²) >= 11 is 6.50. The van der Waals surface area contributed by atoms with Crippen molar-refractivity contribution in [2.24, 2.45) is 0 Å². The first-order valence-electron chi connectivity index (χ1n) is 9.55. The molecule has 8 heteroatoms. The Hall–Kier alpha value is -2.97. The Morgan fingerprint density at radius 3 is 2.43 bits per heavy atom. The van der Waals surface area contributed by atoms with Crippen LogP contribution in [0.15, 0.2) is 59.5 Å².